The van der Waals surface area contributed by atoms with E-state index in [1.165, 1.54) is 4.88 Å². The number of benzene rings is 1. The van der Waals surface area contributed by atoms with Crippen LogP contribution in [0.5, 0.6) is 11.5 Å². The molecule has 0 radical (unpaired) electrons. The van der Waals surface area contributed by atoms with Gasteiger partial charge in [0.15, 0.2) is 17.3 Å². The SMILES string of the molecule is CC(C)(C)n1nnnc1CN(Cc1cccs1)Cc1cc2cc3c(cc2[nH]c1=O)OCO3. The average molecular weight is 453 g/mol. The molecule has 0 atom stereocenters. The van der Waals surface area contributed by atoms with Crippen molar-refractivity contribution in [3.8, 4) is 11.5 Å². The van der Waals surface area contributed by atoms with Gasteiger partial charge in [-0.05, 0) is 54.8 Å². The second-order valence-electron chi connectivity index (χ2n) is 8.82. The van der Waals surface area contributed by atoms with E-state index in [-0.39, 0.29) is 17.9 Å². The van der Waals surface area contributed by atoms with Gasteiger partial charge in [0.2, 0.25) is 6.79 Å². The Morgan fingerprint density at radius 2 is 1.97 bits per heavy atom. The molecule has 0 saturated carbocycles. The number of hydrogen-bond donors (Lipinski definition) is 1. The molecule has 0 unspecified atom stereocenters. The van der Waals surface area contributed by atoms with Crippen molar-refractivity contribution in [1.82, 2.24) is 30.1 Å². The van der Waals surface area contributed by atoms with Crippen LogP contribution in [0.4, 0.5) is 0 Å². The van der Waals surface area contributed by atoms with Crippen LogP contribution in [0, 0.1) is 0 Å². The van der Waals surface area contributed by atoms with Crippen LogP contribution in [0.2, 0.25) is 0 Å². The number of tetrazole rings is 1. The van der Waals surface area contributed by atoms with Gasteiger partial charge in [-0.25, -0.2) is 4.68 Å². The first-order valence-electron chi connectivity index (χ1n) is 10.3. The fourth-order valence-electron chi connectivity index (χ4n) is 3.82. The first-order chi connectivity index (χ1) is 15.4. The smallest absolute Gasteiger partial charge is 0.252 e. The number of nitrogens with zero attached hydrogens (tertiary/aromatic N) is 5. The Labute approximate surface area is 188 Å². The maximum Gasteiger partial charge on any atom is 0.252 e. The molecule has 5 rings (SSSR count). The highest BCUT2D eigenvalue weighted by Crippen LogP contribution is 2.35. The summed E-state index contributed by atoms with van der Waals surface area (Å²) in [5.41, 5.74) is 1.03. The Balaban J connectivity index is 1.48. The molecule has 0 fully saturated rings. The van der Waals surface area contributed by atoms with E-state index in [2.05, 4.69) is 57.6 Å². The number of nitrogens with one attached hydrogen (secondary N) is 1. The molecular weight excluding hydrogens is 428 g/mol. The second-order valence-corrected chi connectivity index (χ2v) is 9.85. The van der Waals surface area contributed by atoms with Crippen molar-refractivity contribution in [2.45, 2.75) is 45.9 Å². The number of fused-ring (bicyclic) bond motifs is 2. The topological polar surface area (TPSA) is 98.2 Å². The molecule has 0 saturated heterocycles. The quantitative estimate of drug-likeness (QED) is 0.479. The molecule has 3 aromatic heterocycles. The highest BCUT2D eigenvalue weighted by molar-refractivity contribution is 7.09. The maximum absolute atomic E-state index is 12.9. The number of hydrogen-bond acceptors (Lipinski definition) is 8. The minimum Gasteiger partial charge on any atom is -0.454 e. The van der Waals surface area contributed by atoms with Gasteiger partial charge in [-0.3, -0.25) is 9.69 Å². The Morgan fingerprint density at radius 1 is 1.16 bits per heavy atom. The van der Waals surface area contributed by atoms with Gasteiger partial charge in [0.1, 0.15) is 0 Å². The van der Waals surface area contributed by atoms with E-state index in [0.29, 0.717) is 36.7 Å². The van der Waals surface area contributed by atoms with Crippen LogP contribution in [0.1, 0.15) is 37.0 Å². The number of H-pyrrole nitrogens is 1. The fourth-order valence-corrected chi connectivity index (χ4v) is 4.56. The first-order valence-corrected chi connectivity index (χ1v) is 11.2. The summed E-state index contributed by atoms with van der Waals surface area (Å²) in [5.74, 6) is 2.10. The van der Waals surface area contributed by atoms with Gasteiger partial charge in [-0.2, -0.15) is 0 Å². The Kier molecular flexibility index (Phi) is 5.18. The van der Waals surface area contributed by atoms with Gasteiger partial charge < -0.3 is 14.5 Å². The van der Waals surface area contributed by atoms with Crippen LogP contribution in [0.3, 0.4) is 0 Å². The Hall–Kier alpha value is -3.24. The Bertz CT molecular complexity index is 1310. The minimum atomic E-state index is -0.240. The lowest BCUT2D eigenvalue weighted by atomic mass is 10.1. The summed E-state index contributed by atoms with van der Waals surface area (Å²) >= 11 is 1.69. The molecule has 32 heavy (non-hydrogen) atoms. The molecule has 10 heteroatoms. The van der Waals surface area contributed by atoms with Crippen LogP contribution in [0.25, 0.3) is 10.9 Å². The molecule has 0 spiro atoms. The van der Waals surface area contributed by atoms with Crippen molar-refractivity contribution in [3.63, 3.8) is 0 Å². The Morgan fingerprint density at radius 3 is 2.72 bits per heavy atom. The third kappa shape index (κ3) is 4.11. The van der Waals surface area contributed by atoms with Crippen molar-refractivity contribution in [2.24, 2.45) is 0 Å². The lowest BCUT2D eigenvalue weighted by molar-refractivity contribution is 0.174. The average Bonchev–Trinajstić information content (AvgIpc) is 3.48. The second kappa shape index (κ2) is 8.03. The molecule has 0 aliphatic carbocycles. The lowest BCUT2D eigenvalue weighted by Gasteiger charge is -2.24. The zero-order valence-electron chi connectivity index (χ0n) is 18.2. The molecule has 0 bridgehead atoms. The monoisotopic (exact) mass is 452 g/mol. The summed E-state index contributed by atoms with van der Waals surface area (Å²) in [6.45, 7) is 8.04. The number of aromatic amines is 1. The summed E-state index contributed by atoms with van der Waals surface area (Å²) in [5, 5.41) is 15.3. The zero-order valence-corrected chi connectivity index (χ0v) is 19.0. The largest absolute Gasteiger partial charge is 0.454 e. The van der Waals surface area contributed by atoms with Crippen LogP contribution < -0.4 is 15.0 Å². The summed E-state index contributed by atoms with van der Waals surface area (Å²) in [6, 6.07) is 9.76. The van der Waals surface area contributed by atoms with E-state index in [1.807, 2.05) is 28.9 Å². The van der Waals surface area contributed by atoms with Crippen molar-refractivity contribution in [2.75, 3.05) is 6.79 Å². The predicted molar refractivity (Wildman–Crippen MR) is 121 cm³/mol. The molecule has 4 aromatic rings. The van der Waals surface area contributed by atoms with E-state index in [4.69, 9.17) is 9.47 Å². The van der Waals surface area contributed by atoms with Gasteiger partial charge in [0.05, 0.1) is 17.6 Å². The van der Waals surface area contributed by atoms with Gasteiger partial charge in [0.25, 0.3) is 5.56 Å². The molecule has 1 aliphatic heterocycles. The third-order valence-electron chi connectivity index (χ3n) is 5.30. The number of pyridine rings is 1. The number of ether oxygens (including phenoxy) is 2. The molecule has 0 amide bonds. The highest BCUT2D eigenvalue weighted by Gasteiger charge is 2.23. The summed E-state index contributed by atoms with van der Waals surface area (Å²) in [4.78, 5) is 19.3. The minimum absolute atomic E-state index is 0.122. The van der Waals surface area contributed by atoms with Gasteiger partial charge in [0, 0.05) is 35.0 Å². The molecule has 1 aliphatic rings. The number of aromatic nitrogens is 5. The molecular formula is C22H24N6O3S. The van der Waals surface area contributed by atoms with Gasteiger partial charge >= 0.3 is 0 Å². The van der Waals surface area contributed by atoms with Crippen molar-refractivity contribution in [3.05, 3.63) is 62.3 Å². The van der Waals surface area contributed by atoms with E-state index < -0.39 is 0 Å². The molecule has 166 valence electrons. The number of thiophene rings is 1. The summed E-state index contributed by atoms with van der Waals surface area (Å²) < 4.78 is 12.8. The first kappa shape index (κ1) is 20.7. The molecule has 4 heterocycles. The van der Waals surface area contributed by atoms with Crippen molar-refractivity contribution in [1.29, 1.82) is 0 Å². The fraction of sp³-hybridized carbons (Fsp3) is 0.364. The van der Waals surface area contributed by atoms with E-state index >= 15 is 0 Å². The van der Waals surface area contributed by atoms with Crippen LogP contribution in [-0.4, -0.2) is 36.9 Å². The zero-order chi connectivity index (χ0) is 22.3. The maximum atomic E-state index is 12.9. The van der Waals surface area contributed by atoms with Gasteiger partial charge in [-0.15, -0.1) is 16.4 Å². The van der Waals surface area contributed by atoms with E-state index in [9.17, 15) is 4.79 Å². The normalized spacial score (nSPS) is 13.4. The van der Waals surface area contributed by atoms with E-state index in [0.717, 1.165) is 16.7 Å². The molecule has 1 N–H and O–H groups in total. The van der Waals surface area contributed by atoms with Crippen LogP contribution in [0.15, 0.2) is 40.5 Å². The molecule has 9 nitrogen and oxygen atoms in total. The van der Waals surface area contributed by atoms with Gasteiger partial charge in [-0.1, -0.05) is 6.07 Å². The third-order valence-corrected chi connectivity index (χ3v) is 6.16. The van der Waals surface area contributed by atoms with Crippen LogP contribution in [-0.2, 0) is 25.2 Å². The number of rotatable bonds is 6. The van der Waals surface area contributed by atoms with Crippen molar-refractivity contribution >= 4 is 22.2 Å². The summed E-state index contributed by atoms with van der Waals surface area (Å²) in [6.07, 6.45) is 0. The predicted octanol–water partition coefficient (Wildman–Crippen LogP) is 3.26. The van der Waals surface area contributed by atoms with E-state index in [1.54, 1.807) is 11.3 Å². The lowest BCUT2D eigenvalue weighted by Crippen LogP contribution is -2.31. The van der Waals surface area contributed by atoms with Crippen molar-refractivity contribution < 1.29 is 9.47 Å². The van der Waals surface area contributed by atoms with Crippen LogP contribution >= 0.6 is 11.3 Å². The summed E-state index contributed by atoms with van der Waals surface area (Å²) in [7, 11) is 0. The highest BCUT2D eigenvalue weighted by atomic mass is 32.1. The molecule has 1 aromatic carbocycles. The standard InChI is InChI=1S/C22H24N6O3S/c1-22(2,3)28-20(24-25-26-28)12-27(11-16-5-4-6-32-16)10-15-7-14-8-18-19(31-13-30-18)9-17(14)23-21(15)29/h4-9H,10-13H2,1-3H3,(H,23,29).